The summed E-state index contributed by atoms with van der Waals surface area (Å²) in [6, 6.07) is 16.5. The summed E-state index contributed by atoms with van der Waals surface area (Å²) in [6.45, 7) is 8.29. The number of anilines is 2. The van der Waals surface area contributed by atoms with E-state index in [1.165, 1.54) is 5.69 Å². The Balaban J connectivity index is 1.22. The number of carbonyl (C=O) groups excluding carboxylic acids is 1. The van der Waals surface area contributed by atoms with Crippen molar-refractivity contribution in [2.24, 2.45) is 0 Å². The quantitative estimate of drug-likeness (QED) is 0.617. The maximum atomic E-state index is 12.5. The van der Waals surface area contributed by atoms with Crippen LogP contribution in [0.4, 0.5) is 16.2 Å². The van der Waals surface area contributed by atoms with Gasteiger partial charge in [0.2, 0.25) is 0 Å². The summed E-state index contributed by atoms with van der Waals surface area (Å²) in [5.41, 5.74) is 1.89. The summed E-state index contributed by atoms with van der Waals surface area (Å²) in [6.07, 6.45) is 4.42. The molecule has 0 unspecified atom stereocenters. The fraction of sp³-hybridized carbons (Fsp3) is 0.519. The molecule has 7 heteroatoms. The molecule has 0 radical (unpaired) electrons. The van der Waals surface area contributed by atoms with Gasteiger partial charge in [-0.15, -0.1) is 0 Å². The minimum Gasteiger partial charge on any atom is -0.495 e. The third-order valence-corrected chi connectivity index (χ3v) is 6.79. The van der Waals surface area contributed by atoms with E-state index in [4.69, 9.17) is 9.47 Å². The minimum atomic E-state index is -0.163. The van der Waals surface area contributed by atoms with Gasteiger partial charge >= 0.3 is 6.03 Å². The van der Waals surface area contributed by atoms with E-state index in [2.05, 4.69) is 52.5 Å². The molecule has 2 aromatic carbocycles. The van der Waals surface area contributed by atoms with Crippen LogP contribution in [-0.2, 0) is 0 Å². The van der Waals surface area contributed by atoms with Crippen molar-refractivity contribution in [2.45, 2.75) is 57.7 Å². The van der Waals surface area contributed by atoms with Gasteiger partial charge < -0.3 is 25.0 Å². The van der Waals surface area contributed by atoms with Crippen molar-refractivity contribution < 1.29 is 14.3 Å². The number of benzene rings is 2. The van der Waals surface area contributed by atoms with Gasteiger partial charge in [-0.2, -0.15) is 0 Å². The van der Waals surface area contributed by atoms with Crippen molar-refractivity contribution in [3.63, 3.8) is 0 Å². The Kier molecular flexibility index (Phi) is 8.16. The molecule has 2 N–H and O–H groups in total. The molecule has 1 saturated carbocycles. The molecular weight excluding hydrogens is 428 g/mol. The molecule has 34 heavy (non-hydrogen) atoms. The van der Waals surface area contributed by atoms with Gasteiger partial charge in [-0.25, -0.2) is 4.79 Å². The van der Waals surface area contributed by atoms with Crippen LogP contribution in [0.15, 0.2) is 48.5 Å². The van der Waals surface area contributed by atoms with Crippen molar-refractivity contribution in [3.05, 3.63) is 48.5 Å². The van der Waals surface area contributed by atoms with Crippen molar-refractivity contribution in [1.29, 1.82) is 0 Å². The van der Waals surface area contributed by atoms with Crippen molar-refractivity contribution in [1.82, 2.24) is 10.2 Å². The number of nitrogens with zero attached hydrogens (tertiary/aromatic N) is 2. The topological polar surface area (TPSA) is 66.1 Å². The number of para-hydroxylation sites is 4. The van der Waals surface area contributed by atoms with E-state index >= 15 is 0 Å². The number of carbonyl (C=O) groups is 1. The summed E-state index contributed by atoms with van der Waals surface area (Å²) in [7, 11) is 1.61. The largest absolute Gasteiger partial charge is 0.495 e. The van der Waals surface area contributed by atoms with Gasteiger partial charge in [-0.05, 0) is 63.8 Å². The SMILES string of the molecule is COc1ccccc1NC(=O)N[C@H]1CC[C@H](N2CCN(c3ccccc3OC(C)C)CC2)CC1. The predicted octanol–water partition coefficient (Wildman–Crippen LogP) is 4.74. The van der Waals surface area contributed by atoms with E-state index in [9.17, 15) is 4.79 Å². The third-order valence-electron chi connectivity index (χ3n) is 6.79. The van der Waals surface area contributed by atoms with Gasteiger partial charge in [0.05, 0.1) is 24.6 Å². The number of hydrogen-bond acceptors (Lipinski definition) is 5. The lowest BCUT2D eigenvalue weighted by Crippen LogP contribution is -2.52. The predicted molar refractivity (Wildman–Crippen MR) is 137 cm³/mol. The lowest BCUT2D eigenvalue weighted by Gasteiger charge is -2.43. The van der Waals surface area contributed by atoms with E-state index < -0.39 is 0 Å². The lowest BCUT2D eigenvalue weighted by atomic mass is 9.90. The number of urea groups is 1. The zero-order valence-corrected chi connectivity index (χ0v) is 20.6. The van der Waals surface area contributed by atoms with Crippen LogP contribution in [0, 0.1) is 0 Å². The molecule has 1 aliphatic carbocycles. The first-order valence-corrected chi connectivity index (χ1v) is 12.5. The van der Waals surface area contributed by atoms with Crippen LogP contribution in [0.2, 0.25) is 0 Å². The van der Waals surface area contributed by atoms with Crippen molar-refractivity contribution >= 4 is 17.4 Å². The Morgan fingerprint density at radius 3 is 2.24 bits per heavy atom. The standard InChI is InChI=1S/C27H38N4O3/c1-20(2)34-26-11-7-5-9-24(26)31-18-16-30(17-19-31)22-14-12-21(13-15-22)28-27(32)29-23-8-4-6-10-25(23)33-3/h4-11,20-22H,12-19H2,1-3H3,(H2,28,29,32)/t21-,22-. The highest BCUT2D eigenvalue weighted by Gasteiger charge is 2.29. The van der Waals surface area contributed by atoms with Crippen LogP contribution in [0.3, 0.4) is 0 Å². The monoisotopic (exact) mass is 466 g/mol. The molecule has 1 aliphatic heterocycles. The Morgan fingerprint density at radius 2 is 1.56 bits per heavy atom. The van der Waals surface area contributed by atoms with E-state index in [-0.39, 0.29) is 18.2 Å². The summed E-state index contributed by atoms with van der Waals surface area (Å²) < 4.78 is 11.4. The van der Waals surface area contributed by atoms with Crippen LogP contribution in [0.25, 0.3) is 0 Å². The highest BCUT2D eigenvalue weighted by Crippen LogP contribution is 2.31. The molecule has 2 fully saturated rings. The van der Waals surface area contributed by atoms with E-state index in [1.807, 2.05) is 30.3 Å². The van der Waals surface area contributed by atoms with Crippen LogP contribution in [-0.4, -0.2) is 62.4 Å². The second-order valence-electron chi connectivity index (χ2n) is 9.46. The Hall–Kier alpha value is -2.93. The van der Waals surface area contributed by atoms with Crippen molar-refractivity contribution in [3.8, 4) is 11.5 Å². The average Bonchev–Trinajstić information content (AvgIpc) is 2.85. The fourth-order valence-corrected chi connectivity index (χ4v) is 5.08. The van der Waals surface area contributed by atoms with Crippen LogP contribution in [0.5, 0.6) is 11.5 Å². The highest BCUT2D eigenvalue weighted by atomic mass is 16.5. The second-order valence-corrected chi connectivity index (χ2v) is 9.46. The molecule has 1 heterocycles. The van der Waals surface area contributed by atoms with Crippen LogP contribution in [0.1, 0.15) is 39.5 Å². The lowest BCUT2D eigenvalue weighted by molar-refractivity contribution is 0.137. The number of rotatable bonds is 7. The smallest absolute Gasteiger partial charge is 0.319 e. The molecule has 1 saturated heterocycles. The third kappa shape index (κ3) is 6.14. The molecule has 2 amide bonds. The zero-order chi connectivity index (χ0) is 23.9. The minimum absolute atomic E-state index is 0.163. The molecule has 0 spiro atoms. The van der Waals surface area contributed by atoms with E-state index in [1.54, 1.807) is 7.11 Å². The molecule has 184 valence electrons. The van der Waals surface area contributed by atoms with Gasteiger partial charge in [0.25, 0.3) is 0 Å². The second kappa shape index (κ2) is 11.5. The van der Waals surface area contributed by atoms with E-state index in [0.717, 1.165) is 57.6 Å². The van der Waals surface area contributed by atoms with Gasteiger partial charge in [-0.1, -0.05) is 24.3 Å². The summed E-state index contributed by atoms with van der Waals surface area (Å²) in [5, 5.41) is 6.06. The van der Waals surface area contributed by atoms with Crippen LogP contribution < -0.4 is 25.0 Å². The van der Waals surface area contributed by atoms with E-state index in [0.29, 0.717) is 17.5 Å². The maximum Gasteiger partial charge on any atom is 0.319 e. The molecular formula is C27H38N4O3. The first-order valence-electron chi connectivity index (χ1n) is 12.5. The molecule has 2 aliphatic rings. The normalized spacial score (nSPS) is 21.2. The first-order chi connectivity index (χ1) is 16.5. The van der Waals surface area contributed by atoms with Crippen LogP contribution >= 0.6 is 0 Å². The molecule has 4 rings (SSSR count). The van der Waals surface area contributed by atoms with Gasteiger partial charge in [0, 0.05) is 38.3 Å². The number of nitrogens with one attached hydrogen (secondary N) is 2. The number of methoxy groups -OCH3 is 1. The molecule has 0 bridgehead atoms. The number of amides is 2. The number of piperazine rings is 1. The Labute approximate surface area is 203 Å². The summed E-state index contributed by atoms with van der Waals surface area (Å²) >= 11 is 0. The Bertz CT molecular complexity index is 935. The number of hydrogen-bond donors (Lipinski definition) is 2. The summed E-state index contributed by atoms with van der Waals surface area (Å²) in [5.74, 6) is 1.64. The molecule has 0 aromatic heterocycles. The molecule has 7 nitrogen and oxygen atoms in total. The van der Waals surface area contributed by atoms with Gasteiger partial charge in [-0.3, -0.25) is 4.90 Å². The molecule has 2 aromatic rings. The van der Waals surface area contributed by atoms with Crippen molar-refractivity contribution in [2.75, 3.05) is 43.5 Å². The number of ether oxygens (including phenoxy) is 2. The highest BCUT2D eigenvalue weighted by molar-refractivity contribution is 5.91. The molecule has 0 atom stereocenters. The Morgan fingerprint density at radius 1 is 0.912 bits per heavy atom. The van der Waals surface area contributed by atoms with Gasteiger partial charge in [0.15, 0.2) is 0 Å². The summed E-state index contributed by atoms with van der Waals surface area (Å²) in [4.78, 5) is 17.6. The maximum absolute atomic E-state index is 12.5. The first kappa shape index (κ1) is 24.2. The fourth-order valence-electron chi connectivity index (χ4n) is 5.08. The average molecular weight is 467 g/mol. The van der Waals surface area contributed by atoms with Gasteiger partial charge in [0.1, 0.15) is 11.5 Å². The zero-order valence-electron chi connectivity index (χ0n) is 20.6.